The molecule has 2 atom stereocenters. The summed E-state index contributed by atoms with van der Waals surface area (Å²) in [4.78, 5) is 5.03. The van der Waals surface area contributed by atoms with Gasteiger partial charge in [-0.1, -0.05) is 118 Å². The first-order valence-electron chi connectivity index (χ1n) is 20.7. The van der Waals surface area contributed by atoms with E-state index in [1.54, 1.807) is 0 Å². The molecule has 10 rings (SSSR count). The molecule has 3 nitrogen and oxygen atoms in total. The standard InChI is InChI=1S/C55H49N3/c1-36-26-29-58-51(31-36)47-18-10-9-17-46(47)48-23-22-39-20-21-42(34-50(39)53-35-43(55(3,4)5)27-30-57(53)37(2)32-52(48)58)44-24-25-45(54-49(44)19-12-28-56-54)41-16-11-15-40(33-41)38-13-7-6-8-14-38/h6-21,24-31,33-35,48,52H,2,22-23,32H2,1,3-5H3/q+2. The molecule has 0 saturated carbocycles. The van der Waals surface area contributed by atoms with Crippen molar-refractivity contribution in [3.8, 4) is 55.9 Å². The molecular formula is C55H49N3+2. The lowest BCUT2D eigenvalue weighted by molar-refractivity contribution is -0.720. The van der Waals surface area contributed by atoms with Crippen molar-refractivity contribution in [3.63, 3.8) is 0 Å². The molecule has 0 spiro atoms. The summed E-state index contributed by atoms with van der Waals surface area (Å²) in [6, 6.07) is 54.2. The Balaban J connectivity index is 1.12. The minimum atomic E-state index is -0.00956. The molecule has 0 fully saturated rings. The molecular weight excluding hydrogens is 703 g/mol. The van der Waals surface area contributed by atoms with Gasteiger partial charge < -0.3 is 0 Å². The van der Waals surface area contributed by atoms with E-state index in [0.717, 1.165) is 41.4 Å². The Bertz CT molecular complexity index is 2900. The fraction of sp³-hybridized carbons (Fsp3) is 0.182. The highest BCUT2D eigenvalue weighted by Crippen LogP contribution is 2.45. The maximum atomic E-state index is 5.03. The second-order valence-corrected chi connectivity index (χ2v) is 17.4. The van der Waals surface area contributed by atoms with E-state index < -0.39 is 0 Å². The van der Waals surface area contributed by atoms with E-state index in [1.165, 1.54) is 72.6 Å². The normalized spacial score (nSPS) is 16.1. The SMILES string of the molecule is C=C1CC2C(CCc3ccc(-c4ccc(-c5cccc(-c6ccccc6)c5)c5ncccc45)cc3-c3cc(C(C)(C)C)cc[n+]31)c1ccccc1-c1cc(C)cc[n+]12. The number of aryl methyl sites for hydroxylation is 2. The molecule has 3 heteroatoms. The minimum absolute atomic E-state index is 0.00956. The molecule has 282 valence electrons. The zero-order valence-corrected chi connectivity index (χ0v) is 33.9. The molecule has 5 heterocycles. The topological polar surface area (TPSA) is 20.6 Å². The van der Waals surface area contributed by atoms with Crippen LogP contribution in [0.3, 0.4) is 0 Å². The third-order valence-electron chi connectivity index (χ3n) is 12.7. The molecule has 0 bridgehead atoms. The van der Waals surface area contributed by atoms with Crippen molar-refractivity contribution in [2.24, 2.45) is 0 Å². The van der Waals surface area contributed by atoms with Crippen molar-refractivity contribution in [2.45, 2.75) is 64.3 Å². The largest absolute Gasteiger partial charge is 0.256 e. The van der Waals surface area contributed by atoms with Crippen LogP contribution in [0.1, 0.15) is 67.8 Å². The van der Waals surface area contributed by atoms with Crippen LogP contribution in [0.15, 0.2) is 171 Å². The summed E-state index contributed by atoms with van der Waals surface area (Å²) in [5.41, 5.74) is 19.8. The Morgan fingerprint density at radius 3 is 2.26 bits per heavy atom. The molecule has 58 heavy (non-hydrogen) atoms. The molecule has 0 aliphatic carbocycles. The fourth-order valence-corrected chi connectivity index (χ4v) is 9.62. The Labute approximate surface area is 342 Å². The van der Waals surface area contributed by atoms with Gasteiger partial charge in [-0.05, 0) is 106 Å². The lowest BCUT2D eigenvalue weighted by Gasteiger charge is -2.31. The van der Waals surface area contributed by atoms with Gasteiger partial charge >= 0.3 is 0 Å². The Morgan fingerprint density at radius 1 is 0.621 bits per heavy atom. The number of aromatic nitrogens is 3. The highest BCUT2D eigenvalue weighted by molar-refractivity contribution is 6.03. The van der Waals surface area contributed by atoms with Crippen LogP contribution in [-0.2, 0) is 11.8 Å². The Morgan fingerprint density at radius 2 is 1.40 bits per heavy atom. The number of pyridine rings is 3. The highest BCUT2D eigenvalue weighted by atomic mass is 15.0. The van der Waals surface area contributed by atoms with Gasteiger partial charge in [0.1, 0.15) is 0 Å². The molecule has 2 unspecified atom stereocenters. The molecule has 8 aromatic rings. The summed E-state index contributed by atoms with van der Waals surface area (Å²) in [5, 5.41) is 1.15. The first-order valence-corrected chi connectivity index (χ1v) is 20.7. The number of benzene rings is 5. The van der Waals surface area contributed by atoms with Gasteiger partial charge in [0.15, 0.2) is 24.1 Å². The van der Waals surface area contributed by atoms with E-state index in [4.69, 9.17) is 11.6 Å². The first kappa shape index (κ1) is 35.9. The number of hydrogen-bond donors (Lipinski definition) is 0. The summed E-state index contributed by atoms with van der Waals surface area (Å²) in [7, 11) is 0. The van der Waals surface area contributed by atoms with Gasteiger partial charge in [-0.2, -0.15) is 9.13 Å². The third-order valence-corrected chi connectivity index (χ3v) is 12.7. The van der Waals surface area contributed by atoms with Crippen LogP contribution in [0.5, 0.6) is 0 Å². The van der Waals surface area contributed by atoms with E-state index >= 15 is 0 Å². The van der Waals surface area contributed by atoms with Gasteiger partial charge in [0.25, 0.3) is 0 Å². The Hall–Kier alpha value is -6.45. The number of hydrogen-bond acceptors (Lipinski definition) is 1. The van der Waals surface area contributed by atoms with Crippen molar-refractivity contribution in [1.82, 2.24) is 4.98 Å². The maximum absolute atomic E-state index is 5.03. The smallest absolute Gasteiger partial charge is 0.218 e. The second-order valence-electron chi connectivity index (χ2n) is 17.4. The van der Waals surface area contributed by atoms with Gasteiger partial charge in [-0.15, -0.1) is 0 Å². The van der Waals surface area contributed by atoms with Crippen LogP contribution >= 0.6 is 0 Å². The quantitative estimate of drug-likeness (QED) is 0.165. The van der Waals surface area contributed by atoms with Crippen molar-refractivity contribution in [1.29, 1.82) is 0 Å². The summed E-state index contributed by atoms with van der Waals surface area (Å²) < 4.78 is 4.93. The summed E-state index contributed by atoms with van der Waals surface area (Å²) in [6.07, 6.45) is 9.38. The van der Waals surface area contributed by atoms with Gasteiger partial charge in [0, 0.05) is 52.9 Å². The van der Waals surface area contributed by atoms with Crippen LogP contribution < -0.4 is 9.13 Å². The molecule has 0 radical (unpaired) electrons. The zero-order chi connectivity index (χ0) is 39.5. The molecule has 0 amide bonds. The van der Waals surface area contributed by atoms with Crippen molar-refractivity contribution < 1.29 is 9.13 Å². The third kappa shape index (κ3) is 6.26. The number of nitrogens with zero attached hydrogens (tertiary/aromatic N) is 3. The molecule has 0 saturated heterocycles. The average Bonchev–Trinajstić information content (AvgIpc) is 3.25. The molecule has 0 N–H and O–H groups in total. The first-order chi connectivity index (χ1) is 28.2. The van der Waals surface area contributed by atoms with E-state index in [1.807, 2.05) is 6.20 Å². The molecule has 3 aromatic heterocycles. The second kappa shape index (κ2) is 14.2. The summed E-state index contributed by atoms with van der Waals surface area (Å²) in [5.74, 6) is 0.347. The summed E-state index contributed by atoms with van der Waals surface area (Å²) >= 11 is 0. The zero-order valence-electron chi connectivity index (χ0n) is 33.9. The van der Waals surface area contributed by atoms with Gasteiger partial charge in [0.2, 0.25) is 11.4 Å². The van der Waals surface area contributed by atoms with Crippen LogP contribution in [0.4, 0.5) is 0 Å². The van der Waals surface area contributed by atoms with E-state index in [0.29, 0.717) is 5.92 Å². The predicted octanol–water partition coefficient (Wildman–Crippen LogP) is 12.9. The fourth-order valence-electron chi connectivity index (χ4n) is 9.62. The average molecular weight is 752 g/mol. The monoisotopic (exact) mass is 751 g/mol. The predicted molar refractivity (Wildman–Crippen MR) is 239 cm³/mol. The lowest BCUT2D eigenvalue weighted by Crippen LogP contribution is -2.49. The highest BCUT2D eigenvalue weighted by Gasteiger charge is 2.42. The minimum Gasteiger partial charge on any atom is -0.256 e. The molecule has 2 aliphatic rings. The van der Waals surface area contributed by atoms with Gasteiger partial charge in [-0.25, -0.2) is 0 Å². The number of fused-ring (bicyclic) bond motifs is 10. The van der Waals surface area contributed by atoms with Crippen molar-refractivity contribution in [2.75, 3.05) is 0 Å². The van der Waals surface area contributed by atoms with E-state index in [2.05, 4.69) is 195 Å². The number of rotatable bonds is 3. The molecule has 5 aromatic carbocycles. The van der Waals surface area contributed by atoms with Gasteiger partial charge in [0.05, 0.1) is 17.5 Å². The van der Waals surface area contributed by atoms with Crippen LogP contribution in [0.25, 0.3) is 72.5 Å². The number of allylic oxidation sites excluding steroid dienone is 1. The molecule has 2 aliphatic heterocycles. The maximum Gasteiger partial charge on any atom is 0.218 e. The van der Waals surface area contributed by atoms with Crippen LogP contribution in [0.2, 0.25) is 0 Å². The lowest BCUT2D eigenvalue weighted by atomic mass is 9.77. The van der Waals surface area contributed by atoms with Crippen LogP contribution in [0, 0.1) is 6.92 Å². The summed E-state index contributed by atoms with van der Waals surface area (Å²) in [6.45, 7) is 14.0. The van der Waals surface area contributed by atoms with E-state index in [9.17, 15) is 0 Å². The van der Waals surface area contributed by atoms with Crippen molar-refractivity contribution >= 4 is 16.6 Å². The van der Waals surface area contributed by atoms with Crippen molar-refractivity contribution in [3.05, 3.63) is 193 Å². The van der Waals surface area contributed by atoms with Crippen LogP contribution in [-0.4, -0.2) is 4.98 Å². The van der Waals surface area contributed by atoms with Gasteiger partial charge in [-0.3, -0.25) is 4.98 Å². The Kier molecular flexibility index (Phi) is 8.78. The van der Waals surface area contributed by atoms with E-state index in [-0.39, 0.29) is 11.5 Å².